The van der Waals surface area contributed by atoms with Gasteiger partial charge in [0.15, 0.2) is 0 Å². The van der Waals surface area contributed by atoms with Crippen LogP contribution in [0.4, 0.5) is 0 Å². The lowest BCUT2D eigenvalue weighted by Crippen LogP contribution is -2.33. The normalized spacial score (nSPS) is 15.4. The molecule has 0 unspecified atom stereocenters. The third-order valence-electron chi connectivity index (χ3n) is 5.71. The first kappa shape index (κ1) is 21.4. The van der Waals surface area contributed by atoms with Crippen LogP contribution >= 0.6 is 0 Å². The van der Waals surface area contributed by atoms with Crippen molar-refractivity contribution in [3.8, 4) is 11.5 Å². The summed E-state index contributed by atoms with van der Waals surface area (Å²) in [4.78, 5) is 48.8. The summed E-state index contributed by atoms with van der Waals surface area (Å²) in [7, 11) is 0. The zero-order valence-electron chi connectivity index (χ0n) is 18.1. The number of fused-ring (bicyclic) bond motifs is 2. The van der Waals surface area contributed by atoms with E-state index < -0.39 is 0 Å². The summed E-state index contributed by atoms with van der Waals surface area (Å²) < 4.78 is 11.5. The highest BCUT2D eigenvalue weighted by molar-refractivity contribution is 6.13. The zero-order valence-corrected chi connectivity index (χ0v) is 18.1. The van der Waals surface area contributed by atoms with E-state index in [0.29, 0.717) is 11.5 Å². The molecule has 0 spiro atoms. The van der Waals surface area contributed by atoms with E-state index in [-0.39, 0.29) is 49.9 Å². The Morgan fingerprint density at radius 1 is 0.500 bits per heavy atom. The van der Waals surface area contributed by atoms with Gasteiger partial charge in [-0.3, -0.25) is 29.0 Å². The zero-order chi connectivity index (χ0) is 23.7. The van der Waals surface area contributed by atoms with Crippen molar-refractivity contribution in [3.63, 3.8) is 0 Å². The second-order valence-electron chi connectivity index (χ2n) is 7.89. The molecule has 0 N–H and O–H groups in total. The molecular weight excluding hydrogens is 436 g/mol. The van der Waals surface area contributed by atoms with Crippen molar-refractivity contribution < 1.29 is 28.7 Å². The minimum absolute atomic E-state index is 0.194. The lowest BCUT2D eigenvalue weighted by Gasteiger charge is -2.15. The smallest absolute Gasteiger partial charge is 0.253 e. The van der Waals surface area contributed by atoms with Gasteiger partial charge in [0.1, 0.15) is 24.7 Å². The summed E-state index contributed by atoms with van der Waals surface area (Å²) >= 11 is 0. The van der Waals surface area contributed by atoms with Crippen LogP contribution < -0.4 is 9.47 Å². The molecule has 3 aromatic carbocycles. The predicted octanol–water partition coefficient (Wildman–Crippen LogP) is 2.60. The van der Waals surface area contributed by atoms with Crippen molar-refractivity contribution in [2.24, 2.45) is 0 Å². The number of amides is 4. The van der Waals surface area contributed by atoms with Crippen molar-refractivity contribution in [1.29, 1.82) is 0 Å². The van der Waals surface area contributed by atoms with Gasteiger partial charge in [0.05, 0.1) is 13.1 Å². The molecule has 0 bridgehead atoms. The summed E-state index contributed by atoms with van der Waals surface area (Å²) in [5, 5.41) is 4.02. The van der Waals surface area contributed by atoms with Crippen LogP contribution in [0.1, 0.15) is 0 Å². The summed E-state index contributed by atoms with van der Waals surface area (Å²) in [6, 6.07) is 15.5. The Labute approximate surface area is 194 Å². The van der Waals surface area contributed by atoms with Gasteiger partial charge in [-0.25, -0.2) is 0 Å². The van der Waals surface area contributed by atoms with Gasteiger partial charge in [0.2, 0.25) is 0 Å². The fraction of sp³-hybridized carbons (Fsp3) is 0.154. The number of carbonyl (C=O) groups excluding carboxylic acids is 4. The van der Waals surface area contributed by atoms with Crippen LogP contribution in [0.2, 0.25) is 0 Å². The Hall–Kier alpha value is -4.46. The Morgan fingerprint density at radius 3 is 1.26 bits per heavy atom. The highest BCUT2D eigenvalue weighted by Gasteiger charge is 2.23. The van der Waals surface area contributed by atoms with Gasteiger partial charge >= 0.3 is 0 Å². The van der Waals surface area contributed by atoms with Gasteiger partial charge in [-0.15, -0.1) is 0 Å². The van der Waals surface area contributed by atoms with Crippen LogP contribution in [0, 0.1) is 0 Å². The van der Waals surface area contributed by atoms with Crippen LogP contribution in [0.3, 0.4) is 0 Å². The summed E-state index contributed by atoms with van der Waals surface area (Å²) in [6.07, 6.45) is 5.03. The van der Waals surface area contributed by atoms with E-state index in [1.54, 1.807) is 0 Å². The van der Waals surface area contributed by atoms with Crippen LogP contribution in [0.25, 0.3) is 21.5 Å². The maximum Gasteiger partial charge on any atom is 0.253 e. The van der Waals surface area contributed by atoms with E-state index in [9.17, 15) is 19.2 Å². The van der Waals surface area contributed by atoms with Gasteiger partial charge in [0, 0.05) is 24.3 Å². The quantitative estimate of drug-likeness (QED) is 0.382. The molecule has 34 heavy (non-hydrogen) atoms. The van der Waals surface area contributed by atoms with Crippen LogP contribution in [-0.4, -0.2) is 59.7 Å². The first-order valence-corrected chi connectivity index (χ1v) is 10.8. The second kappa shape index (κ2) is 8.82. The molecule has 3 aromatic rings. The molecule has 8 nitrogen and oxygen atoms in total. The summed E-state index contributed by atoms with van der Waals surface area (Å²) in [6.45, 7) is 0.812. The molecule has 0 aliphatic carbocycles. The monoisotopic (exact) mass is 456 g/mol. The van der Waals surface area contributed by atoms with E-state index in [1.807, 2.05) is 48.5 Å². The molecule has 0 atom stereocenters. The van der Waals surface area contributed by atoms with Crippen LogP contribution in [0.5, 0.6) is 11.5 Å². The Balaban J connectivity index is 1.23. The molecule has 0 saturated carbocycles. The fourth-order valence-electron chi connectivity index (χ4n) is 3.95. The number of hydrogen-bond donors (Lipinski definition) is 0. The molecule has 170 valence electrons. The minimum atomic E-state index is -0.322. The van der Waals surface area contributed by atoms with Gasteiger partial charge in [-0.1, -0.05) is 12.1 Å². The van der Waals surface area contributed by atoms with Crippen molar-refractivity contribution in [2.75, 3.05) is 26.3 Å². The maximum atomic E-state index is 11.6. The summed E-state index contributed by atoms with van der Waals surface area (Å²) in [5.74, 6) is 0.0153. The van der Waals surface area contributed by atoms with Crippen molar-refractivity contribution in [2.45, 2.75) is 0 Å². The van der Waals surface area contributed by atoms with E-state index >= 15 is 0 Å². The molecular formula is C26H20N2O6. The minimum Gasteiger partial charge on any atom is -0.492 e. The Bertz CT molecular complexity index is 1260. The maximum absolute atomic E-state index is 11.6. The number of benzene rings is 3. The number of imide groups is 2. The van der Waals surface area contributed by atoms with E-state index in [2.05, 4.69) is 0 Å². The first-order chi connectivity index (χ1) is 16.5. The van der Waals surface area contributed by atoms with Gasteiger partial charge in [-0.2, -0.15) is 0 Å². The molecule has 0 aromatic heterocycles. The average molecular weight is 456 g/mol. The van der Waals surface area contributed by atoms with Gasteiger partial charge < -0.3 is 9.47 Å². The highest BCUT2D eigenvalue weighted by atomic mass is 16.5. The Morgan fingerprint density at radius 2 is 0.882 bits per heavy atom. The van der Waals surface area contributed by atoms with E-state index in [1.165, 1.54) is 24.3 Å². The largest absolute Gasteiger partial charge is 0.492 e. The molecule has 0 saturated heterocycles. The molecule has 0 fully saturated rings. The van der Waals surface area contributed by atoms with E-state index in [4.69, 9.17) is 9.47 Å². The lowest BCUT2D eigenvalue weighted by molar-refractivity contribution is -0.138. The molecule has 5 rings (SSSR count). The van der Waals surface area contributed by atoms with Crippen molar-refractivity contribution in [1.82, 2.24) is 9.80 Å². The average Bonchev–Trinajstić information content (AvgIpc) is 3.33. The molecule has 2 heterocycles. The number of ether oxygens (including phenoxy) is 2. The van der Waals surface area contributed by atoms with E-state index in [0.717, 1.165) is 31.3 Å². The first-order valence-electron chi connectivity index (χ1n) is 10.8. The van der Waals surface area contributed by atoms with Gasteiger partial charge in [0.25, 0.3) is 23.6 Å². The second-order valence-corrected chi connectivity index (χ2v) is 7.89. The molecule has 2 aliphatic rings. The van der Waals surface area contributed by atoms with Crippen molar-refractivity contribution >= 4 is 45.2 Å². The lowest BCUT2D eigenvalue weighted by atomic mass is 10.0. The fourth-order valence-corrected chi connectivity index (χ4v) is 3.95. The SMILES string of the molecule is O=C1C=CC(=O)N1CCOc1ccc2cc3cc(OCCN4C(=O)C=CC4=O)ccc3cc2c1. The molecule has 8 heteroatoms. The standard InChI is InChI=1S/C26H20N2O6/c29-23-5-6-24(30)27(23)9-11-33-21-3-1-17-13-20-16-22(4-2-18(20)14-19(17)15-21)34-12-10-28-25(31)7-8-26(28)32/h1-8,13-16H,9-12H2. The molecule has 0 radical (unpaired) electrons. The van der Waals surface area contributed by atoms with Gasteiger partial charge in [-0.05, 0) is 57.9 Å². The number of nitrogens with zero attached hydrogens (tertiary/aromatic N) is 2. The van der Waals surface area contributed by atoms with Crippen molar-refractivity contribution in [3.05, 3.63) is 72.8 Å². The third-order valence-corrected chi connectivity index (χ3v) is 5.71. The molecule has 2 aliphatic heterocycles. The number of rotatable bonds is 8. The summed E-state index contributed by atoms with van der Waals surface area (Å²) in [5.41, 5.74) is 0. The topological polar surface area (TPSA) is 93.2 Å². The van der Waals surface area contributed by atoms with Crippen LogP contribution in [-0.2, 0) is 19.2 Å². The highest BCUT2D eigenvalue weighted by Crippen LogP contribution is 2.29. The Kier molecular flexibility index (Phi) is 5.55. The number of hydrogen-bond acceptors (Lipinski definition) is 6. The number of carbonyl (C=O) groups is 4. The van der Waals surface area contributed by atoms with Crippen LogP contribution in [0.15, 0.2) is 72.8 Å². The third kappa shape index (κ3) is 4.25. The molecule has 4 amide bonds. The predicted molar refractivity (Wildman–Crippen MR) is 124 cm³/mol.